The lowest BCUT2D eigenvalue weighted by Crippen LogP contribution is -2.26. The van der Waals surface area contributed by atoms with Gasteiger partial charge < -0.3 is 15.0 Å². The molecule has 0 unspecified atom stereocenters. The van der Waals surface area contributed by atoms with E-state index in [4.69, 9.17) is 16.3 Å². The second-order valence-corrected chi connectivity index (χ2v) is 7.29. The molecule has 0 spiro atoms. The normalized spacial score (nSPS) is 16.3. The van der Waals surface area contributed by atoms with Crippen LogP contribution in [0.25, 0.3) is 0 Å². The van der Waals surface area contributed by atoms with Crippen LogP contribution in [0.4, 0.5) is 8.78 Å². The highest BCUT2D eigenvalue weighted by Crippen LogP contribution is 2.21. The molecule has 2 aliphatic heterocycles. The Bertz CT molecular complexity index is 945. The van der Waals surface area contributed by atoms with Gasteiger partial charge in [0.2, 0.25) is 5.90 Å². The zero-order chi connectivity index (χ0) is 19.5. The van der Waals surface area contributed by atoms with Crippen molar-refractivity contribution in [1.82, 2.24) is 10.2 Å². The van der Waals surface area contributed by atoms with Crippen LogP contribution in [-0.2, 0) is 30.9 Å². The molecular weight excluding hydrogens is 384 g/mol. The van der Waals surface area contributed by atoms with Crippen molar-refractivity contribution >= 4 is 17.5 Å². The molecule has 0 bridgehead atoms. The van der Waals surface area contributed by atoms with Gasteiger partial charge in [-0.25, -0.2) is 13.8 Å². The van der Waals surface area contributed by atoms with Crippen molar-refractivity contribution < 1.29 is 13.5 Å². The van der Waals surface area contributed by atoms with Gasteiger partial charge in [-0.15, -0.1) is 0 Å². The van der Waals surface area contributed by atoms with Crippen LogP contribution < -0.4 is 5.32 Å². The highest BCUT2D eigenvalue weighted by atomic mass is 35.5. The summed E-state index contributed by atoms with van der Waals surface area (Å²) in [6, 6.07) is 9.91. The Morgan fingerprint density at radius 1 is 1.14 bits per heavy atom. The van der Waals surface area contributed by atoms with Gasteiger partial charge in [-0.2, -0.15) is 0 Å². The molecule has 0 saturated carbocycles. The molecule has 0 saturated heterocycles. The van der Waals surface area contributed by atoms with Crippen LogP contribution in [0.2, 0.25) is 0 Å². The van der Waals surface area contributed by atoms with E-state index in [2.05, 4.69) is 28.5 Å². The Morgan fingerprint density at radius 3 is 2.86 bits per heavy atom. The maximum atomic E-state index is 13.7. The number of nitrogens with zero attached hydrogens (tertiary/aromatic N) is 2. The quantitative estimate of drug-likeness (QED) is 0.835. The van der Waals surface area contributed by atoms with Gasteiger partial charge in [0.1, 0.15) is 29.9 Å². The van der Waals surface area contributed by atoms with Crippen molar-refractivity contribution in [3.63, 3.8) is 0 Å². The maximum absolute atomic E-state index is 13.7. The first-order valence-electron chi connectivity index (χ1n) is 9.13. The Morgan fingerprint density at radius 2 is 2.04 bits per heavy atom. The van der Waals surface area contributed by atoms with E-state index >= 15 is 0 Å². The molecule has 7 heteroatoms. The molecule has 0 aromatic heterocycles. The Labute approximate surface area is 167 Å². The van der Waals surface area contributed by atoms with E-state index in [1.54, 1.807) is 6.20 Å². The third-order valence-corrected chi connectivity index (χ3v) is 5.08. The largest absolute Gasteiger partial charge is 0.472 e. The van der Waals surface area contributed by atoms with Gasteiger partial charge in [-0.3, -0.25) is 0 Å². The summed E-state index contributed by atoms with van der Waals surface area (Å²) in [7, 11) is 0. The number of nitrogens with one attached hydrogen (secondary N) is 1. The minimum Gasteiger partial charge on any atom is -0.472 e. The molecule has 4 rings (SSSR count). The third kappa shape index (κ3) is 4.34. The van der Waals surface area contributed by atoms with Crippen LogP contribution in [-0.4, -0.2) is 24.0 Å². The van der Waals surface area contributed by atoms with Crippen LogP contribution in [0.15, 0.2) is 52.6 Å². The second-order valence-electron chi connectivity index (χ2n) is 6.88. The molecule has 2 aromatic carbocycles. The van der Waals surface area contributed by atoms with Crippen LogP contribution in [0.5, 0.6) is 0 Å². The van der Waals surface area contributed by atoms with E-state index < -0.39 is 11.6 Å². The fourth-order valence-corrected chi connectivity index (χ4v) is 3.60. The molecule has 28 heavy (non-hydrogen) atoms. The number of rotatable bonds is 4. The van der Waals surface area contributed by atoms with Gasteiger partial charge >= 0.3 is 0 Å². The summed E-state index contributed by atoms with van der Waals surface area (Å²) in [6.07, 6.45) is 2.82. The minimum absolute atomic E-state index is 0.0616. The van der Waals surface area contributed by atoms with Gasteiger partial charge in [-0.1, -0.05) is 29.8 Å². The lowest BCUT2D eigenvalue weighted by atomic mass is 9.98. The first-order valence-corrected chi connectivity index (χ1v) is 9.50. The molecule has 0 fully saturated rings. The summed E-state index contributed by atoms with van der Waals surface area (Å²) in [5, 5.41) is 3.73. The van der Waals surface area contributed by atoms with E-state index in [-0.39, 0.29) is 18.1 Å². The Kier molecular flexibility index (Phi) is 5.59. The van der Waals surface area contributed by atoms with E-state index in [0.717, 1.165) is 25.6 Å². The van der Waals surface area contributed by atoms with Crippen LogP contribution in [0.3, 0.4) is 0 Å². The number of halogens is 3. The molecule has 0 amide bonds. The summed E-state index contributed by atoms with van der Waals surface area (Å²) in [6.45, 7) is 2.96. The maximum Gasteiger partial charge on any atom is 0.231 e. The zero-order valence-corrected chi connectivity index (χ0v) is 16.0. The van der Waals surface area contributed by atoms with Crippen LogP contribution >= 0.6 is 11.6 Å². The molecule has 2 heterocycles. The summed E-state index contributed by atoms with van der Waals surface area (Å²) < 4.78 is 32.2. The average molecular weight is 404 g/mol. The third-order valence-electron chi connectivity index (χ3n) is 4.82. The number of hydrogen-bond acceptors (Lipinski definition) is 4. The fourth-order valence-electron chi connectivity index (χ4n) is 3.35. The van der Waals surface area contributed by atoms with Gasteiger partial charge in [0.05, 0.1) is 0 Å². The van der Waals surface area contributed by atoms with Crippen molar-refractivity contribution in [2.45, 2.75) is 26.1 Å². The van der Waals surface area contributed by atoms with Crippen LogP contribution in [0.1, 0.15) is 22.3 Å². The second kappa shape index (κ2) is 8.29. The van der Waals surface area contributed by atoms with Gasteiger partial charge in [0, 0.05) is 30.9 Å². The lowest BCUT2D eigenvalue weighted by molar-refractivity contribution is 0.275. The minimum atomic E-state index is -0.652. The van der Waals surface area contributed by atoms with Crippen LogP contribution in [0, 0.1) is 11.6 Å². The summed E-state index contributed by atoms with van der Waals surface area (Å²) >= 11 is 6.29. The fraction of sp³-hybridized carbons (Fsp3) is 0.286. The monoisotopic (exact) mass is 403 g/mol. The van der Waals surface area contributed by atoms with Crippen molar-refractivity contribution in [2.24, 2.45) is 4.99 Å². The summed E-state index contributed by atoms with van der Waals surface area (Å²) in [4.78, 5) is 6.35. The standard InChI is InChI=1S/C21H20ClF2N3O/c22-19-11-27(10-14-1-2-16-9-25-6-5-15(16)7-14)13-26-21(19)28-12-17-3-4-18(23)8-20(17)24/h1-4,7-8,11,25H,5-6,9-10,12-13H2. The molecule has 146 valence electrons. The zero-order valence-electron chi connectivity index (χ0n) is 15.2. The molecule has 2 aromatic rings. The summed E-state index contributed by atoms with van der Waals surface area (Å²) in [5.74, 6) is -1.01. The SMILES string of the molecule is Fc1ccc(COC2=NCN(Cc3ccc4c(c3)CCNC4)C=C2Cl)c(F)c1. The number of aliphatic imine (C=N–C) groups is 1. The van der Waals surface area contributed by atoms with E-state index in [1.807, 2.05) is 4.90 Å². The predicted octanol–water partition coefficient (Wildman–Crippen LogP) is 4.08. The highest BCUT2D eigenvalue weighted by Gasteiger charge is 2.17. The lowest BCUT2D eigenvalue weighted by Gasteiger charge is -2.25. The molecule has 1 N–H and O–H groups in total. The first-order chi connectivity index (χ1) is 13.6. The van der Waals surface area contributed by atoms with Crippen molar-refractivity contribution in [1.29, 1.82) is 0 Å². The van der Waals surface area contributed by atoms with Gasteiger partial charge in [0.15, 0.2) is 0 Å². The van der Waals surface area contributed by atoms with Crippen molar-refractivity contribution in [3.05, 3.63) is 81.5 Å². The Hall–Kier alpha value is -2.44. The van der Waals surface area contributed by atoms with Gasteiger partial charge in [-0.05, 0) is 41.8 Å². The Balaban J connectivity index is 1.37. The van der Waals surface area contributed by atoms with Crippen molar-refractivity contribution in [2.75, 3.05) is 13.2 Å². The van der Waals surface area contributed by atoms with Gasteiger partial charge in [0.25, 0.3) is 0 Å². The first kappa shape index (κ1) is 18.9. The number of ether oxygens (including phenoxy) is 1. The van der Waals surface area contributed by atoms with E-state index in [1.165, 1.54) is 28.8 Å². The highest BCUT2D eigenvalue weighted by molar-refractivity contribution is 6.42. The molecule has 0 aliphatic carbocycles. The number of fused-ring (bicyclic) bond motifs is 1. The van der Waals surface area contributed by atoms with E-state index in [0.29, 0.717) is 18.2 Å². The number of hydrogen-bond donors (Lipinski definition) is 1. The number of benzene rings is 2. The molecule has 0 atom stereocenters. The van der Waals surface area contributed by atoms with E-state index in [9.17, 15) is 8.78 Å². The summed E-state index contributed by atoms with van der Waals surface area (Å²) in [5.41, 5.74) is 4.19. The molecular formula is C21H20ClF2N3O. The predicted molar refractivity (Wildman–Crippen MR) is 105 cm³/mol. The average Bonchev–Trinajstić information content (AvgIpc) is 2.68. The molecule has 2 aliphatic rings. The van der Waals surface area contributed by atoms with Crippen molar-refractivity contribution in [3.8, 4) is 0 Å². The molecule has 4 nitrogen and oxygen atoms in total. The molecule has 0 radical (unpaired) electrons. The topological polar surface area (TPSA) is 36.9 Å². The smallest absolute Gasteiger partial charge is 0.231 e.